The molecule has 0 radical (unpaired) electrons. The number of carbonyl (C=O) groups is 1. The van der Waals surface area contributed by atoms with Gasteiger partial charge in [0.2, 0.25) is 0 Å². The van der Waals surface area contributed by atoms with Gasteiger partial charge in [0.1, 0.15) is 5.15 Å². The highest BCUT2D eigenvalue weighted by Gasteiger charge is 2.15. The lowest BCUT2D eigenvalue weighted by Gasteiger charge is -2.06. The fourth-order valence-electron chi connectivity index (χ4n) is 1.37. The summed E-state index contributed by atoms with van der Waals surface area (Å²) < 4.78 is 38.7. The Morgan fingerprint density at radius 1 is 1.16 bits per heavy atom. The second kappa shape index (κ2) is 5.27. The minimum atomic E-state index is -1.62. The second-order valence-corrected chi connectivity index (χ2v) is 3.96. The predicted octanol–water partition coefficient (Wildman–Crippen LogP) is 3.40. The zero-order chi connectivity index (χ0) is 14.0. The summed E-state index contributed by atoms with van der Waals surface area (Å²) in [4.78, 5) is 15.4. The number of hydrogen-bond acceptors (Lipinski definition) is 2. The van der Waals surface area contributed by atoms with E-state index in [1.165, 1.54) is 18.3 Å². The average molecular weight is 287 g/mol. The van der Waals surface area contributed by atoms with E-state index in [9.17, 15) is 18.0 Å². The minimum absolute atomic E-state index is 0.147. The van der Waals surface area contributed by atoms with Crippen molar-refractivity contribution in [1.82, 2.24) is 4.98 Å². The molecular weight excluding hydrogens is 281 g/mol. The van der Waals surface area contributed by atoms with E-state index in [1.54, 1.807) is 0 Å². The van der Waals surface area contributed by atoms with Crippen molar-refractivity contribution in [3.05, 3.63) is 58.6 Å². The highest BCUT2D eigenvalue weighted by Crippen LogP contribution is 2.16. The Bertz CT molecular complexity index is 626. The van der Waals surface area contributed by atoms with Gasteiger partial charge in [-0.2, -0.15) is 0 Å². The van der Waals surface area contributed by atoms with Crippen LogP contribution in [0.1, 0.15) is 10.4 Å². The van der Waals surface area contributed by atoms with Crippen LogP contribution in [0.25, 0.3) is 0 Å². The molecule has 2 aromatic rings. The van der Waals surface area contributed by atoms with Crippen molar-refractivity contribution in [3.63, 3.8) is 0 Å². The smallest absolute Gasteiger partial charge is 0.255 e. The molecule has 0 fully saturated rings. The zero-order valence-corrected chi connectivity index (χ0v) is 10.0. The Morgan fingerprint density at radius 2 is 1.79 bits per heavy atom. The molecule has 1 N–H and O–H groups in total. The monoisotopic (exact) mass is 286 g/mol. The molecule has 7 heteroatoms. The molecule has 0 spiro atoms. The summed E-state index contributed by atoms with van der Waals surface area (Å²) in [7, 11) is 0. The van der Waals surface area contributed by atoms with Gasteiger partial charge < -0.3 is 5.32 Å². The third kappa shape index (κ3) is 3.03. The topological polar surface area (TPSA) is 42.0 Å². The van der Waals surface area contributed by atoms with Crippen LogP contribution >= 0.6 is 11.6 Å². The van der Waals surface area contributed by atoms with Gasteiger partial charge in [0.15, 0.2) is 17.5 Å². The summed E-state index contributed by atoms with van der Waals surface area (Å²) in [5.41, 5.74) is -0.0422. The molecule has 1 amide bonds. The highest BCUT2D eigenvalue weighted by atomic mass is 35.5. The van der Waals surface area contributed by atoms with Crippen molar-refractivity contribution in [2.45, 2.75) is 0 Å². The number of halogens is 4. The molecule has 1 aromatic carbocycles. The van der Waals surface area contributed by atoms with Gasteiger partial charge in [-0.15, -0.1) is 0 Å². The van der Waals surface area contributed by atoms with Gasteiger partial charge in [0, 0.05) is 17.4 Å². The number of nitrogens with zero attached hydrogens (tertiary/aromatic N) is 1. The van der Waals surface area contributed by atoms with Gasteiger partial charge in [-0.3, -0.25) is 4.79 Å². The van der Waals surface area contributed by atoms with Crippen LogP contribution in [-0.2, 0) is 0 Å². The number of anilines is 1. The summed E-state index contributed by atoms with van der Waals surface area (Å²) in [5.74, 6) is -5.28. The number of aromatic nitrogens is 1. The summed E-state index contributed by atoms with van der Waals surface area (Å²) in [6.07, 6.45) is 1.35. The largest absolute Gasteiger partial charge is 0.322 e. The molecule has 3 nitrogen and oxygen atoms in total. The van der Waals surface area contributed by atoms with Gasteiger partial charge in [-0.25, -0.2) is 18.2 Å². The third-order valence-electron chi connectivity index (χ3n) is 2.23. The van der Waals surface area contributed by atoms with E-state index in [0.29, 0.717) is 17.8 Å². The van der Waals surface area contributed by atoms with Crippen LogP contribution in [0.2, 0.25) is 5.15 Å². The summed E-state index contributed by atoms with van der Waals surface area (Å²) in [6.45, 7) is 0. The second-order valence-electron chi connectivity index (χ2n) is 3.58. The van der Waals surface area contributed by atoms with Gasteiger partial charge in [-0.1, -0.05) is 11.6 Å². The number of hydrogen-bond donors (Lipinski definition) is 1. The SMILES string of the molecule is O=C(Nc1ccnc(Cl)c1)c1cc(F)c(F)c(F)c1. The number of pyridine rings is 1. The Kier molecular flexibility index (Phi) is 3.71. The summed E-state index contributed by atoms with van der Waals surface area (Å²) >= 11 is 5.61. The Morgan fingerprint density at radius 3 is 2.37 bits per heavy atom. The van der Waals surface area contributed by atoms with Crippen LogP contribution in [0.3, 0.4) is 0 Å². The van der Waals surface area contributed by atoms with Crippen LogP contribution in [0.4, 0.5) is 18.9 Å². The first-order valence-corrected chi connectivity index (χ1v) is 5.42. The fourth-order valence-corrected chi connectivity index (χ4v) is 1.54. The molecule has 1 heterocycles. The molecule has 0 saturated carbocycles. The van der Waals surface area contributed by atoms with Crippen LogP contribution < -0.4 is 5.32 Å². The number of benzene rings is 1. The van der Waals surface area contributed by atoms with Gasteiger partial charge in [-0.05, 0) is 24.3 Å². The van der Waals surface area contributed by atoms with Gasteiger partial charge in [0.25, 0.3) is 5.91 Å². The van der Waals surface area contributed by atoms with E-state index in [4.69, 9.17) is 11.6 Å². The number of amides is 1. The molecule has 0 bridgehead atoms. The van der Waals surface area contributed by atoms with Crippen LogP contribution in [-0.4, -0.2) is 10.9 Å². The summed E-state index contributed by atoms with van der Waals surface area (Å²) in [6, 6.07) is 4.02. The lowest BCUT2D eigenvalue weighted by molar-refractivity contribution is 0.102. The molecule has 0 unspecified atom stereocenters. The number of carbonyl (C=O) groups excluding carboxylic acids is 1. The molecule has 0 saturated heterocycles. The first kappa shape index (κ1) is 13.4. The van der Waals surface area contributed by atoms with E-state index in [-0.39, 0.29) is 10.7 Å². The molecule has 0 aliphatic heterocycles. The predicted molar refractivity (Wildman–Crippen MR) is 63.5 cm³/mol. The Balaban J connectivity index is 2.25. The maximum absolute atomic E-state index is 13.0. The van der Waals surface area contributed by atoms with E-state index in [2.05, 4.69) is 10.3 Å². The first-order valence-electron chi connectivity index (χ1n) is 5.05. The lowest BCUT2D eigenvalue weighted by atomic mass is 10.2. The maximum Gasteiger partial charge on any atom is 0.255 e. The molecule has 0 aliphatic rings. The molecule has 1 aromatic heterocycles. The minimum Gasteiger partial charge on any atom is -0.322 e. The van der Waals surface area contributed by atoms with E-state index in [0.717, 1.165) is 0 Å². The quantitative estimate of drug-likeness (QED) is 0.679. The summed E-state index contributed by atoms with van der Waals surface area (Å²) in [5, 5.41) is 2.50. The van der Waals surface area contributed by atoms with Gasteiger partial charge >= 0.3 is 0 Å². The van der Waals surface area contributed by atoms with Crippen molar-refractivity contribution >= 4 is 23.2 Å². The molecule has 0 atom stereocenters. The highest BCUT2D eigenvalue weighted by molar-refractivity contribution is 6.29. The standard InChI is InChI=1S/C12H6ClF3N2O/c13-10-5-7(1-2-17-10)18-12(19)6-3-8(14)11(16)9(15)4-6/h1-5H,(H,17,18,19). The Labute approximate surface area is 111 Å². The van der Waals surface area contributed by atoms with Crippen molar-refractivity contribution in [2.24, 2.45) is 0 Å². The molecule has 98 valence electrons. The first-order chi connectivity index (χ1) is 8.97. The van der Waals surface area contributed by atoms with Crippen molar-refractivity contribution < 1.29 is 18.0 Å². The van der Waals surface area contributed by atoms with Gasteiger partial charge in [0.05, 0.1) is 0 Å². The van der Waals surface area contributed by atoms with Crippen LogP contribution in [0.5, 0.6) is 0 Å². The van der Waals surface area contributed by atoms with Crippen molar-refractivity contribution in [2.75, 3.05) is 5.32 Å². The van der Waals surface area contributed by atoms with E-state index >= 15 is 0 Å². The van der Waals surface area contributed by atoms with E-state index in [1.807, 2.05) is 0 Å². The lowest BCUT2D eigenvalue weighted by Crippen LogP contribution is -2.13. The molecule has 0 aliphatic carbocycles. The normalized spacial score (nSPS) is 10.3. The Hall–Kier alpha value is -2.08. The van der Waals surface area contributed by atoms with Crippen molar-refractivity contribution in [3.8, 4) is 0 Å². The molecule has 2 rings (SSSR count). The fraction of sp³-hybridized carbons (Fsp3) is 0. The maximum atomic E-state index is 13.0. The van der Waals surface area contributed by atoms with E-state index < -0.39 is 23.4 Å². The van der Waals surface area contributed by atoms with Crippen LogP contribution in [0, 0.1) is 17.5 Å². The number of nitrogens with one attached hydrogen (secondary N) is 1. The third-order valence-corrected chi connectivity index (χ3v) is 2.44. The average Bonchev–Trinajstić information content (AvgIpc) is 2.35. The van der Waals surface area contributed by atoms with Crippen molar-refractivity contribution in [1.29, 1.82) is 0 Å². The van der Waals surface area contributed by atoms with Crippen LogP contribution in [0.15, 0.2) is 30.5 Å². The molecule has 19 heavy (non-hydrogen) atoms. The number of rotatable bonds is 2. The molecular formula is C12H6ClF3N2O. The zero-order valence-electron chi connectivity index (χ0n) is 9.25.